The molecule has 0 radical (unpaired) electrons. The minimum Gasteiger partial charge on any atom is -0.378 e. The van der Waals surface area contributed by atoms with E-state index in [0.29, 0.717) is 36.6 Å². The number of benzene rings is 1. The molecular formula is C22H30N4O2. The summed E-state index contributed by atoms with van der Waals surface area (Å²) in [5, 5.41) is 4.14. The van der Waals surface area contributed by atoms with Crippen LogP contribution in [0.1, 0.15) is 50.8 Å². The van der Waals surface area contributed by atoms with Gasteiger partial charge < -0.3 is 14.3 Å². The normalized spacial score (nSPS) is 17.5. The van der Waals surface area contributed by atoms with Gasteiger partial charge in [-0.2, -0.15) is 4.98 Å². The van der Waals surface area contributed by atoms with E-state index >= 15 is 0 Å². The first-order valence-corrected chi connectivity index (χ1v) is 10.5. The minimum atomic E-state index is 0.260. The van der Waals surface area contributed by atoms with Crippen molar-refractivity contribution in [3.63, 3.8) is 0 Å². The fourth-order valence-corrected chi connectivity index (χ4v) is 4.03. The van der Waals surface area contributed by atoms with Gasteiger partial charge in [-0.3, -0.25) is 4.79 Å². The van der Waals surface area contributed by atoms with Gasteiger partial charge in [0, 0.05) is 50.3 Å². The fourth-order valence-electron chi connectivity index (χ4n) is 4.03. The number of aromatic nitrogens is 2. The molecule has 0 unspecified atom stereocenters. The van der Waals surface area contributed by atoms with Gasteiger partial charge in [0.1, 0.15) is 0 Å². The first-order chi connectivity index (χ1) is 13.6. The molecule has 2 aliphatic carbocycles. The van der Waals surface area contributed by atoms with Crippen molar-refractivity contribution in [2.75, 3.05) is 25.5 Å². The molecule has 0 saturated heterocycles. The number of nitrogens with zero attached hydrogens (tertiary/aromatic N) is 4. The first kappa shape index (κ1) is 19.0. The number of rotatable bonds is 7. The van der Waals surface area contributed by atoms with Crippen LogP contribution in [0.25, 0.3) is 11.4 Å². The second-order valence-electron chi connectivity index (χ2n) is 8.30. The summed E-state index contributed by atoms with van der Waals surface area (Å²) in [6, 6.07) is 8.50. The standard InChI is InChI=1S/C22H30N4O2/c1-25(2)18-12-10-16(11-13-18)21-23-20(28-24-21)14-15-26(22(27)17-8-9-17)19-6-4-3-5-7-19/h10-13,17,19H,3-9,14-15H2,1-2H3. The van der Waals surface area contributed by atoms with E-state index in [1.807, 2.05) is 38.4 Å². The molecule has 2 saturated carbocycles. The molecule has 0 aliphatic heterocycles. The third-order valence-corrected chi connectivity index (χ3v) is 5.90. The molecule has 0 bridgehead atoms. The summed E-state index contributed by atoms with van der Waals surface area (Å²) in [5.74, 6) is 1.82. The van der Waals surface area contributed by atoms with Crippen LogP contribution in [-0.4, -0.2) is 47.6 Å². The van der Waals surface area contributed by atoms with Crippen molar-refractivity contribution in [3.8, 4) is 11.4 Å². The summed E-state index contributed by atoms with van der Waals surface area (Å²) in [7, 11) is 4.03. The quantitative estimate of drug-likeness (QED) is 0.726. The highest BCUT2D eigenvalue weighted by atomic mass is 16.5. The second-order valence-corrected chi connectivity index (χ2v) is 8.30. The molecule has 2 aromatic rings. The Bertz CT molecular complexity index is 789. The minimum absolute atomic E-state index is 0.260. The number of anilines is 1. The number of amides is 1. The Morgan fingerprint density at radius 2 is 1.79 bits per heavy atom. The molecule has 0 spiro atoms. The molecule has 4 rings (SSSR count). The van der Waals surface area contributed by atoms with E-state index in [-0.39, 0.29) is 5.92 Å². The van der Waals surface area contributed by atoms with E-state index in [1.54, 1.807) is 0 Å². The highest BCUT2D eigenvalue weighted by Crippen LogP contribution is 2.34. The molecule has 0 atom stereocenters. The summed E-state index contributed by atoms with van der Waals surface area (Å²) < 4.78 is 5.48. The molecule has 6 nitrogen and oxygen atoms in total. The molecule has 6 heteroatoms. The van der Waals surface area contributed by atoms with Crippen LogP contribution in [-0.2, 0) is 11.2 Å². The zero-order valence-corrected chi connectivity index (χ0v) is 16.9. The SMILES string of the molecule is CN(C)c1ccc(-c2noc(CCN(C(=O)C3CC3)C3CCCCC3)n2)cc1. The summed E-state index contributed by atoms with van der Waals surface area (Å²) in [6.45, 7) is 0.682. The van der Waals surface area contributed by atoms with Crippen molar-refractivity contribution in [3.05, 3.63) is 30.2 Å². The summed E-state index contributed by atoms with van der Waals surface area (Å²) in [4.78, 5) is 21.5. The summed E-state index contributed by atoms with van der Waals surface area (Å²) in [5.41, 5.74) is 2.08. The van der Waals surface area contributed by atoms with Gasteiger partial charge in [-0.15, -0.1) is 0 Å². The Kier molecular flexibility index (Phi) is 5.64. The second kappa shape index (κ2) is 8.33. The zero-order valence-electron chi connectivity index (χ0n) is 16.9. The molecule has 0 N–H and O–H groups in total. The molecule has 150 valence electrons. The Morgan fingerprint density at radius 1 is 1.07 bits per heavy atom. The van der Waals surface area contributed by atoms with Crippen LogP contribution in [0.5, 0.6) is 0 Å². The van der Waals surface area contributed by atoms with E-state index in [1.165, 1.54) is 19.3 Å². The van der Waals surface area contributed by atoms with Crippen LogP contribution in [0.15, 0.2) is 28.8 Å². The summed E-state index contributed by atoms with van der Waals surface area (Å²) in [6.07, 6.45) is 8.74. The Balaban J connectivity index is 1.41. The van der Waals surface area contributed by atoms with Crippen molar-refractivity contribution in [2.24, 2.45) is 5.92 Å². The van der Waals surface area contributed by atoms with Gasteiger partial charge in [-0.05, 0) is 49.9 Å². The van der Waals surface area contributed by atoms with Gasteiger partial charge in [0.05, 0.1) is 0 Å². The lowest BCUT2D eigenvalue weighted by molar-refractivity contribution is -0.135. The molecule has 2 aliphatic rings. The maximum absolute atomic E-state index is 12.8. The zero-order chi connectivity index (χ0) is 19.5. The number of carbonyl (C=O) groups is 1. The molecule has 28 heavy (non-hydrogen) atoms. The Morgan fingerprint density at radius 3 is 2.43 bits per heavy atom. The van der Waals surface area contributed by atoms with E-state index in [9.17, 15) is 4.79 Å². The number of carbonyl (C=O) groups excluding carboxylic acids is 1. The van der Waals surface area contributed by atoms with Crippen LogP contribution in [0.4, 0.5) is 5.69 Å². The van der Waals surface area contributed by atoms with E-state index < -0.39 is 0 Å². The van der Waals surface area contributed by atoms with Crippen LogP contribution in [0, 0.1) is 5.92 Å². The predicted octanol–water partition coefficient (Wildman–Crippen LogP) is 3.92. The lowest BCUT2D eigenvalue weighted by atomic mass is 9.93. The molecule has 1 amide bonds. The van der Waals surface area contributed by atoms with Crippen molar-refractivity contribution in [1.82, 2.24) is 15.0 Å². The molecular weight excluding hydrogens is 352 g/mol. The predicted molar refractivity (Wildman–Crippen MR) is 109 cm³/mol. The average molecular weight is 383 g/mol. The molecule has 1 aromatic carbocycles. The molecule has 1 heterocycles. The van der Waals surface area contributed by atoms with Crippen molar-refractivity contribution in [2.45, 2.75) is 57.4 Å². The van der Waals surface area contributed by atoms with Crippen LogP contribution in [0.2, 0.25) is 0 Å². The number of hydrogen-bond donors (Lipinski definition) is 0. The maximum Gasteiger partial charge on any atom is 0.228 e. The third kappa shape index (κ3) is 4.37. The maximum atomic E-state index is 12.8. The van der Waals surface area contributed by atoms with Gasteiger partial charge >= 0.3 is 0 Å². The highest BCUT2D eigenvalue weighted by Gasteiger charge is 2.36. The van der Waals surface area contributed by atoms with E-state index in [2.05, 4.69) is 19.9 Å². The lowest BCUT2D eigenvalue weighted by Crippen LogP contribution is -2.43. The third-order valence-electron chi connectivity index (χ3n) is 5.90. The van der Waals surface area contributed by atoms with Crippen molar-refractivity contribution < 1.29 is 9.32 Å². The Hall–Kier alpha value is -2.37. The van der Waals surface area contributed by atoms with Crippen LogP contribution < -0.4 is 4.90 Å². The smallest absolute Gasteiger partial charge is 0.228 e. The highest BCUT2D eigenvalue weighted by molar-refractivity contribution is 5.81. The number of hydrogen-bond acceptors (Lipinski definition) is 5. The molecule has 2 fully saturated rings. The summed E-state index contributed by atoms with van der Waals surface area (Å²) >= 11 is 0. The van der Waals surface area contributed by atoms with Gasteiger partial charge in [0.2, 0.25) is 17.6 Å². The van der Waals surface area contributed by atoms with Gasteiger partial charge in [0.25, 0.3) is 0 Å². The van der Waals surface area contributed by atoms with Gasteiger partial charge in [-0.1, -0.05) is 24.4 Å². The van der Waals surface area contributed by atoms with Crippen LogP contribution in [0.3, 0.4) is 0 Å². The van der Waals surface area contributed by atoms with Gasteiger partial charge in [-0.25, -0.2) is 0 Å². The monoisotopic (exact) mass is 382 g/mol. The van der Waals surface area contributed by atoms with Crippen LogP contribution >= 0.6 is 0 Å². The lowest BCUT2D eigenvalue weighted by Gasteiger charge is -2.34. The van der Waals surface area contributed by atoms with E-state index in [0.717, 1.165) is 36.9 Å². The van der Waals surface area contributed by atoms with E-state index in [4.69, 9.17) is 4.52 Å². The van der Waals surface area contributed by atoms with Crippen molar-refractivity contribution in [1.29, 1.82) is 0 Å². The average Bonchev–Trinajstić information content (AvgIpc) is 3.47. The molecule has 1 aromatic heterocycles. The Labute approximate surface area is 166 Å². The van der Waals surface area contributed by atoms with Crippen molar-refractivity contribution >= 4 is 11.6 Å². The fraction of sp³-hybridized carbons (Fsp3) is 0.591. The topological polar surface area (TPSA) is 62.5 Å². The van der Waals surface area contributed by atoms with Gasteiger partial charge in [0.15, 0.2) is 0 Å². The first-order valence-electron chi connectivity index (χ1n) is 10.5. The largest absolute Gasteiger partial charge is 0.378 e.